The maximum atomic E-state index is 5.93. The average Bonchev–Trinajstić information content (AvgIpc) is 3.04. The van der Waals surface area contributed by atoms with Crippen molar-refractivity contribution in [3.05, 3.63) is 67.3 Å². The molecule has 3 heteroatoms. The molecule has 1 aliphatic heterocycles. The highest BCUT2D eigenvalue weighted by molar-refractivity contribution is 5.21. The van der Waals surface area contributed by atoms with Crippen LogP contribution in [0.2, 0.25) is 0 Å². The molecule has 23 heavy (non-hydrogen) atoms. The second kappa shape index (κ2) is 12.7. The van der Waals surface area contributed by atoms with Gasteiger partial charge < -0.3 is 14.8 Å². The summed E-state index contributed by atoms with van der Waals surface area (Å²) in [5.74, 6) is 0.933. The Kier molecular flexibility index (Phi) is 10.6. The third-order valence-corrected chi connectivity index (χ3v) is 3.26. The zero-order valence-corrected chi connectivity index (χ0v) is 14.3. The standard InChI is InChI=1S/C18H23NO2.C2H6/c1-2-3-4-5-9-12-20-15-16-13-18(14-19-16)21-17-10-7-6-8-11-17;1-2/h2-11,16,18-19H,1,12-15H2;1-2H3/b4-3-,9-5-;. The van der Waals surface area contributed by atoms with Crippen molar-refractivity contribution >= 4 is 0 Å². The van der Waals surface area contributed by atoms with E-state index in [0.717, 1.165) is 18.7 Å². The minimum atomic E-state index is 0.229. The van der Waals surface area contributed by atoms with Crippen LogP contribution in [0.5, 0.6) is 5.75 Å². The molecule has 2 unspecified atom stereocenters. The number of ether oxygens (including phenoxy) is 2. The van der Waals surface area contributed by atoms with Gasteiger partial charge in [0.05, 0.1) is 13.2 Å². The SMILES string of the molecule is C=C/C=C\C=C/COCC1CC(Oc2ccccc2)CN1.CC. The van der Waals surface area contributed by atoms with E-state index in [1.807, 2.05) is 68.5 Å². The Morgan fingerprint density at radius 1 is 1.17 bits per heavy atom. The molecule has 0 spiro atoms. The van der Waals surface area contributed by atoms with Crippen molar-refractivity contribution in [2.45, 2.75) is 32.4 Å². The fourth-order valence-electron chi connectivity index (χ4n) is 2.25. The monoisotopic (exact) mass is 315 g/mol. The Morgan fingerprint density at radius 3 is 2.70 bits per heavy atom. The quantitative estimate of drug-likeness (QED) is 0.578. The molecule has 0 aliphatic carbocycles. The van der Waals surface area contributed by atoms with Crippen molar-refractivity contribution < 1.29 is 9.47 Å². The van der Waals surface area contributed by atoms with Crippen LogP contribution in [0.25, 0.3) is 0 Å². The first-order chi connectivity index (χ1) is 11.4. The minimum absolute atomic E-state index is 0.229. The van der Waals surface area contributed by atoms with Gasteiger partial charge in [-0.1, -0.05) is 69.0 Å². The molecular weight excluding hydrogens is 286 g/mol. The van der Waals surface area contributed by atoms with Gasteiger partial charge in [0.1, 0.15) is 11.9 Å². The average molecular weight is 315 g/mol. The van der Waals surface area contributed by atoms with Crippen LogP contribution in [0.4, 0.5) is 0 Å². The van der Waals surface area contributed by atoms with Gasteiger partial charge in [0.15, 0.2) is 0 Å². The van der Waals surface area contributed by atoms with E-state index >= 15 is 0 Å². The molecule has 0 aromatic heterocycles. The lowest BCUT2D eigenvalue weighted by atomic mass is 10.2. The first kappa shape index (κ1) is 19.2. The highest BCUT2D eigenvalue weighted by Crippen LogP contribution is 2.16. The van der Waals surface area contributed by atoms with Crippen molar-refractivity contribution in [1.82, 2.24) is 5.32 Å². The molecule has 1 N–H and O–H groups in total. The first-order valence-corrected chi connectivity index (χ1v) is 8.35. The minimum Gasteiger partial charge on any atom is -0.489 e. The molecule has 1 aromatic carbocycles. The van der Waals surface area contributed by atoms with Gasteiger partial charge in [0.2, 0.25) is 0 Å². The normalized spacial score (nSPS) is 20.4. The van der Waals surface area contributed by atoms with Gasteiger partial charge in [0, 0.05) is 19.0 Å². The van der Waals surface area contributed by atoms with Crippen LogP contribution in [0, 0.1) is 0 Å². The summed E-state index contributed by atoms with van der Waals surface area (Å²) in [6, 6.07) is 10.3. The summed E-state index contributed by atoms with van der Waals surface area (Å²) in [4.78, 5) is 0. The second-order valence-electron chi connectivity index (χ2n) is 4.98. The third-order valence-electron chi connectivity index (χ3n) is 3.26. The predicted octanol–water partition coefficient (Wildman–Crippen LogP) is 4.14. The Bertz CT molecular complexity index is 468. The molecule has 1 aromatic rings. The highest BCUT2D eigenvalue weighted by Gasteiger charge is 2.25. The molecule has 0 amide bonds. The maximum absolute atomic E-state index is 5.93. The number of hydrogen-bond donors (Lipinski definition) is 1. The Labute approximate surface area is 140 Å². The predicted molar refractivity (Wildman–Crippen MR) is 97.9 cm³/mol. The van der Waals surface area contributed by atoms with E-state index in [1.54, 1.807) is 6.08 Å². The van der Waals surface area contributed by atoms with Gasteiger partial charge in [-0.15, -0.1) is 0 Å². The van der Waals surface area contributed by atoms with E-state index in [1.165, 1.54) is 0 Å². The zero-order valence-electron chi connectivity index (χ0n) is 14.3. The zero-order chi connectivity index (χ0) is 16.8. The van der Waals surface area contributed by atoms with E-state index in [4.69, 9.17) is 9.47 Å². The Balaban J connectivity index is 0.00000127. The van der Waals surface area contributed by atoms with E-state index < -0.39 is 0 Å². The topological polar surface area (TPSA) is 30.5 Å². The molecule has 1 aliphatic rings. The first-order valence-electron chi connectivity index (χ1n) is 8.35. The van der Waals surface area contributed by atoms with Crippen LogP contribution in [0.3, 0.4) is 0 Å². The number of para-hydroxylation sites is 1. The summed E-state index contributed by atoms with van der Waals surface area (Å²) < 4.78 is 11.6. The molecular formula is C20H29NO2. The van der Waals surface area contributed by atoms with Crippen molar-refractivity contribution in [3.8, 4) is 5.75 Å². The van der Waals surface area contributed by atoms with Crippen molar-refractivity contribution in [2.24, 2.45) is 0 Å². The smallest absolute Gasteiger partial charge is 0.119 e. The number of hydrogen-bond acceptors (Lipinski definition) is 3. The molecule has 1 saturated heterocycles. The molecule has 3 nitrogen and oxygen atoms in total. The molecule has 0 bridgehead atoms. The second-order valence-corrected chi connectivity index (χ2v) is 4.98. The molecule has 0 radical (unpaired) electrons. The van der Waals surface area contributed by atoms with Gasteiger partial charge in [-0.25, -0.2) is 0 Å². The van der Waals surface area contributed by atoms with E-state index in [9.17, 15) is 0 Å². The number of rotatable bonds is 8. The lowest BCUT2D eigenvalue weighted by Gasteiger charge is -2.13. The van der Waals surface area contributed by atoms with Gasteiger partial charge in [0.25, 0.3) is 0 Å². The van der Waals surface area contributed by atoms with Gasteiger partial charge in [-0.05, 0) is 12.1 Å². The summed E-state index contributed by atoms with van der Waals surface area (Å²) in [7, 11) is 0. The van der Waals surface area contributed by atoms with Crippen LogP contribution in [-0.2, 0) is 4.74 Å². The lowest BCUT2D eigenvalue weighted by molar-refractivity contribution is 0.136. The summed E-state index contributed by atoms with van der Waals surface area (Å²) in [5.41, 5.74) is 0. The molecule has 2 rings (SSSR count). The largest absolute Gasteiger partial charge is 0.489 e. The van der Waals surface area contributed by atoms with Crippen molar-refractivity contribution in [2.75, 3.05) is 19.8 Å². The van der Waals surface area contributed by atoms with Crippen molar-refractivity contribution in [1.29, 1.82) is 0 Å². The highest BCUT2D eigenvalue weighted by atomic mass is 16.5. The van der Waals surface area contributed by atoms with Crippen LogP contribution >= 0.6 is 0 Å². The fraction of sp³-hybridized carbons (Fsp3) is 0.400. The summed E-state index contributed by atoms with van der Waals surface area (Å²) in [5, 5.41) is 3.44. The van der Waals surface area contributed by atoms with E-state index in [2.05, 4.69) is 11.9 Å². The summed E-state index contributed by atoms with van der Waals surface area (Å²) in [6.45, 7) is 9.83. The van der Waals surface area contributed by atoms with E-state index in [0.29, 0.717) is 19.3 Å². The van der Waals surface area contributed by atoms with Crippen LogP contribution in [0.15, 0.2) is 67.3 Å². The number of nitrogens with one attached hydrogen (secondary N) is 1. The van der Waals surface area contributed by atoms with Crippen LogP contribution < -0.4 is 10.1 Å². The molecule has 2 atom stereocenters. The maximum Gasteiger partial charge on any atom is 0.119 e. The molecule has 1 fully saturated rings. The summed E-state index contributed by atoms with van der Waals surface area (Å²) >= 11 is 0. The Morgan fingerprint density at radius 2 is 1.96 bits per heavy atom. The molecule has 0 saturated carbocycles. The third kappa shape index (κ3) is 8.38. The van der Waals surface area contributed by atoms with E-state index in [-0.39, 0.29) is 6.10 Å². The van der Waals surface area contributed by atoms with Gasteiger partial charge in [-0.2, -0.15) is 0 Å². The number of benzene rings is 1. The van der Waals surface area contributed by atoms with Gasteiger partial charge in [-0.3, -0.25) is 0 Å². The number of allylic oxidation sites excluding steroid dienone is 4. The molecule has 126 valence electrons. The Hall–Kier alpha value is -1.84. The summed E-state index contributed by atoms with van der Waals surface area (Å²) in [6.07, 6.45) is 10.7. The van der Waals surface area contributed by atoms with Crippen molar-refractivity contribution in [3.63, 3.8) is 0 Å². The fourth-order valence-corrected chi connectivity index (χ4v) is 2.25. The van der Waals surface area contributed by atoms with Crippen LogP contribution in [-0.4, -0.2) is 31.9 Å². The van der Waals surface area contributed by atoms with Gasteiger partial charge >= 0.3 is 0 Å². The molecule has 1 heterocycles. The van der Waals surface area contributed by atoms with Crippen LogP contribution in [0.1, 0.15) is 20.3 Å². The lowest BCUT2D eigenvalue weighted by Crippen LogP contribution is -2.26.